The third-order valence-corrected chi connectivity index (χ3v) is 6.97. The molecule has 2 aliphatic rings. The fraction of sp³-hybridized carbons (Fsp3) is 0.333. The maximum Gasteiger partial charge on any atom is 0.161 e. The first kappa shape index (κ1) is 21.5. The molecule has 6 nitrogen and oxygen atoms in total. The summed E-state index contributed by atoms with van der Waals surface area (Å²) in [6.45, 7) is 2.52. The molecule has 0 aliphatic carbocycles. The minimum absolute atomic E-state index is 0.410. The minimum Gasteiger partial charge on any atom is -0.497 e. The van der Waals surface area contributed by atoms with Crippen molar-refractivity contribution in [1.29, 1.82) is 0 Å². The van der Waals surface area contributed by atoms with Gasteiger partial charge in [-0.15, -0.1) is 0 Å². The van der Waals surface area contributed by atoms with E-state index in [1.807, 2.05) is 12.1 Å². The van der Waals surface area contributed by atoms with Gasteiger partial charge in [-0.1, -0.05) is 12.1 Å². The molecule has 0 N–H and O–H groups in total. The summed E-state index contributed by atoms with van der Waals surface area (Å²) >= 11 is 0. The molecular formula is C27H29NO5. The molecule has 2 heterocycles. The molecule has 5 rings (SSSR count). The highest BCUT2D eigenvalue weighted by Crippen LogP contribution is 2.53. The van der Waals surface area contributed by atoms with Gasteiger partial charge in [-0.05, 0) is 64.2 Å². The van der Waals surface area contributed by atoms with Crippen LogP contribution in [0.1, 0.15) is 27.8 Å². The molecule has 0 radical (unpaired) electrons. The second-order valence-electron chi connectivity index (χ2n) is 8.51. The lowest BCUT2D eigenvalue weighted by molar-refractivity contribution is 0.182. The topological polar surface area (TPSA) is 49.4 Å². The highest BCUT2D eigenvalue weighted by Gasteiger charge is 2.48. The van der Waals surface area contributed by atoms with Crippen LogP contribution in [0.3, 0.4) is 0 Å². The largest absolute Gasteiger partial charge is 0.497 e. The molecule has 0 spiro atoms. The van der Waals surface area contributed by atoms with E-state index in [0.717, 1.165) is 48.4 Å². The van der Waals surface area contributed by atoms with Crippen LogP contribution in [0, 0.1) is 0 Å². The van der Waals surface area contributed by atoms with Crippen molar-refractivity contribution >= 4 is 0 Å². The van der Waals surface area contributed by atoms with Gasteiger partial charge in [0.15, 0.2) is 23.0 Å². The summed E-state index contributed by atoms with van der Waals surface area (Å²) < 4.78 is 28.2. The zero-order chi connectivity index (χ0) is 23.2. The predicted octanol–water partition coefficient (Wildman–Crippen LogP) is 4.39. The molecule has 0 aromatic heterocycles. The molecule has 2 bridgehead atoms. The van der Waals surface area contributed by atoms with Gasteiger partial charge in [0.2, 0.25) is 0 Å². The van der Waals surface area contributed by atoms with Gasteiger partial charge in [-0.2, -0.15) is 0 Å². The summed E-state index contributed by atoms with van der Waals surface area (Å²) in [5, 5.41) is 0. The van der Waals surface area contributed by atoms with Crippen LogP contribution in [0.4, 0.5) is 0 Å². The average molecular weight is 448 g/mol. The molecule has 0 saturated heterocycles. The van der Waals surface area contributed by atoms with Crippen molar-refractivity contribution in [2.24, 2.45) is 0 Å². The van der Waals surface area contributed by atoms with E-state index in [2.05, 4.69) is 41.3 Å². The van der Waals surface area contributed by atoms with Crippen LogP contribution >= 0.6 is 0 Å². The fourth-order valence-electron chi connectivity index (χ4n) is 5.48. The molecule has 172 valence electrons. The fourth-order valence-corrected chi connectivity index (χ4v) is 5.48. The van der Waals surface area contributed by atoms with Crippen molar-refractivity contribution in [3.63, 3.8) is 0 Å². The quantitative estimate of drug-likeness (QED) is 0.559. The number of hydrogen-bond acceptors (Lipinski definition) is 6. The standard InChI is InChI=1S/C27H29NO5/c1-29-20-8-6-19(7-9-20)27-16-28(14-17-10-23(30-2)25(32-4)12-21(17)27)15-18-11-24(31-3)26(33-5)13-22(18)27/h6-13H,14-16H2,1-5H3. The van der Waals surface area contributed by atoms with Gasteiger partial charge < -0.3 is 23.7 Å². The zero-order valence-corrected chi connectivity index (χ0v) is 19.7. The summed E-state index contributed by atoms with van der Waals surface area (Å²) in [6, 6.07) is 16.9. The van der Waals surface area contributed by atoms with Gasteiger partial charge in [0, 0.05) is 19.6 Å². The van der Waals surface area contributed by atoms with Gasteiger partial charge in [-0.3, -0.25) is 4.90 Å². The first-order valence-corrected chi connectivity index (χ1v) is 11.0. The lowest BCUT2D eigenvalue weighted by Crippen LogP contribution is -2.51. The molecule has 33 heavy (non-hydrogen) atoms. The minimum atomic E-state index is -0.410. The Balaban J connectivity index is 1.85. The van der Waals surface area contributed by atoms with Crippen LogP contribution in [-0.4, -0.2) is 47.0 Å². The van der Waals surface area contributed by atoms with Gasteiger partial charge in [0.25, 0.3) is 0 Å². The smallest absolute Gasteiger partial charge is 0.161 e. The van der Waals surface area contributed by atoms with Crippen molar-refractivity contribution in [2.75, 3.05) is 42.1 Å². The Labute approximate surface area is 194 Å². The number of benzene rings is 3. The molecule has 2 aliphatic heterocycles. The molecule has 0 saturated carbocycles. The van der Waals surface area contributed by atoms with Gasteiger partial charge >= 0.3 is 0 Å². The summed E-state index contributed by atoms with van der Waals surface area (Å²) in [5.41, 5.74) is 5.68. The van der Waals surface area contributed by atoms with Gasteiger partial charge in [0.1, 0.15) is 5.75 Å². The summed E-state index contributed by atoms with van der Waals surface area (Å²) in [7, 11) is 8.42. The highest BCUT2D eigenvalue weighted by molar-refractivity contribution is 5.65. The van der Waals surface area contributed by atoms with Gasteiger partial charge in [-0.25, -0.2) is 0 Å². The van der Waals surface area contributed by atoms with Crippen molar-refractivity contribution in [2.45, 2.75) is 18.5 Å². The van der Waals surface area contributed by atoms with E-state index in [4.69, 9.17) is 23.7 Å². The Morgan fingerprint density at radius 2 is 1.06 bits per heavy atom. The Kier molecular flexibility index (Phi) is 5.33. The van der Waals surface area contributed by atoms with Crippen LogP contribution in [0.2, 0.25) is 0 Å². The highest BCUT2D eigenvalue weighted by atomic mass is 16.5. The van der Waals surface area contributed by atoms with Crippen molar-refractivity contribution < 1.29 is 23.7 Å². The lowest BCUT2D eigenvalue weighted by Gasteiger charge is -2.50. The van der Waals surface area contributed by atoms with Crippen molar-refractivity contribution in [3.8, 4) is 28.7 Å². The van der Waals surface area contributed by atoms with E-state index in [-0.39, 0.29) is 0 Å². The van der Waals surface area contributed by atoms with Crippen molar-refractivity contribution in [1.82, 2.24) is 4.90 Å². The Hall–Kier alpha value is -3.38. The Morgan fingerprint density at radius 1 is 0.606 bits per heavy atom. The second kappa shape index (κ2) is 8.19. The van der Waals surface area contributed by atoms with Crippen LogP contribution in [0.5, 0.6) is 28.7 Å². The number of fused-ring (bicyclic) bond motifs is 6. The SMILES string of the molecule is COc1ccc(C23CN(Cc4cc(OC)c(OC)cc42)Cc2cc(OC)c(OC)cc23)cc1. The van der Waals surface area contributed by atoms with Crippen LogP contribution in [-0.2, 0) is 18.5 Å². The van der Waals surface area contributed by atoms with E-state index >= 15 is 0 Å². The molecule has 0 atom stereocenters. The summed E-state index contributed by atoms with van der Waals surface area (Å²) in [6.07, 6.45) is 0. The summed E-state index contributed by atoms with van der Waals surface area (Å²) in [5.74, 6) is 3.78. The number of rotatable bonds is 6. The van der Waals surface area contributed by atoms with E-state index in [1.54, 1.807) is 35.5 Å². The predicted molar refractivity (Wildman–Crippen MR) is 126 cm³/mol. The van der Waals surface area contributed by atoms with Gasteiger partial charge in [0.05, 0.1) is 41.0 Å². The Bertz CT molecular complexity index is 1120. The van der Waals surface area contributed by atoms with Crippen molar-refractivity contribution in [3.05, 3.63) is 76.3 Å². The molecular weight excluding hydrogens is 418 g/mol. The van der Waals surface area contributed by atoms with Crippen LogP contribution < -0.4 is 23.7 Å². The first-order chi connectivity index (χ1) is 16.1. The average Bonchev–Trinajstić information content (AvgIpc) is 2.87. The molecule has 3 aromatic rings. The molecule has 0 fully saturated rings. The Morgan fingerprint density at radius 3 is 1.48 bits per heavy atom. The van der Waals surface area contributed by atoms with Crippen LogP contribution in [0.15, 0.2) is 48.5 Å². The second-order valence-corrected chi connectivity index (χ2v) is 8.51. The maximum absolute atomic E-state index is 5.72. The number of ether oxygens (including phenoxy) is 5. The normalized spacial score (nSPS) is 20.3. The number of nitrogens with zero attached hydrogens (tertiary/aromatic N) is 1. The maximum atomic E-state index is 5.72. The zero-order valence-electron chi connectivity index (χ0n) is 19.7. The van der Waals surface area contributed by atoms with E-state index < -0.39 is 5.41 Å². The molecule has 3 aromatic carbocycles. The molecule has 0 unspecified atom stereocenters. The van der Waals surface area contributed by atoms with Crippen LogP contribution in [0.25, 0.3) is 0 Å². The lowest BCUT2D eigenvalue weighted by atomic mass is 9.63. The van der Waals surface area contributed by atoms with E-state index in [0.29, 0.717) is 0 Å². The molecule has 6 heteroatoms. The first-order valence-electron chi connectivity index (χ1n) is 11.0. The third-order valence-electron chi connectivity index (χ3n) is 6.97. The summed E-state index contributed by atoms with van der Waals surface area (Å²) in [4.78, 5) is 2.48. The van der Waals surface area contributed by atoms with E-state index in [9.17, 15) is 0 Å². The number of methoxy groups -OCH3 is 5. The monoisotopic (exact) mass is 447 g/mol. The van der Waals surface area contributed by atoms with E-state index in [1.165, 1.54) is 27.8 Å². The number of hydrogen-bond donors (Lipinski definition) is 0. The third kappa shape index (κ3) is 3.20. The molecule has 0 amide bonds.